The van der Waals surface area contributed by atoms with Crippen molar-refractivity contribution in [1.82, 2.24) is 14.9 Å². The number of fused-ring (bicyclic) bond motifs is 3. The molecule has 1 aliphatic carbocycles. The van der Waals surface area contributed by atoms with Crippen LogP contribution in [-0.4, -0.2) is 20.7 Å². The fourth-order valence-corrected chi connectivity index (χ4v) is 5.83. The Kier molecular flexibility index (Phi) is 5.59. The van der Waals surface area contributed by atoms with Crippen LogP contribution in [0.3, 0.4) is 0 Å². The van der Waals surface area contributed by atoms with E-state index in [0.717, 1.165) is 29.5 Å². The number of aromatic nitrogens is 2. The third-order valence-corrected chi connectivity index (χ3v) is 7.30. The summed E-state index contributed by atoms with van der Waals surface area (Å²) in [6.45, 7) is 4.66. The second kappa shape index (κ2) is 8.13. The van der Waals surface area contributed by atoms with E-state index < -0.39 is 0 Å². The number of carbonyl (C=O) groups is 1. The molecule has 0 saturated carbocycles. The van der Waals surface area contributed by atoms with Gasteiger partial charge in [-0.2, -0.15) is 0 Å². The minimum atomic E-state index is -0.369. The lowest BCUT2D eigenvalue weighted by molar-refractivity contribution is -0.120. The second-order valence-electron chi connectivity index (χ2n) is 6.89. The van der Waals surface area contributed by atoms with E-state index in [9.17, 15) is 9.59 Å². The summed E-state index contributed by atoms with van der Waals surface area (Å²) in [5.41, 5.74) is 1.23. The molecule has 0 radical (unpaired) electrons. The summed E-state index contributed by atoms with van der Waals surface area (Å²) in [4.78, 5) is 32.5. The highest BCUT2D eigenvalue weighted by Crippen LogP contribution is 2.35. The molecule has 1 atom stereocenters. The molecule has 148 valence electrons. The maximum atomic E-state index is 13.1. The molecule has 3 aromatic rings. The summed E-state index contributed by atoms with van der Waals surface area (Å²) >= 11 is 2.97. The topological polar surface area (TPSA) is 77.1 Å². The fourth-order valence-electron chi connectivity index (χ4n) is 3.53. The number of aryl methyl sites for hydroxylation is 2. The Morgan fingerprint density at radius 3 is 3.00 bits per heavy atom. The van der Waals surface area contributed by atoms with Crippen LogP contribution in [0.4, 0.5) is 0 Å². The van der Waals surface area contributed by atoms with Crippen molar-refractivity contribution >= 4 is 39.2 Å². The van der Waals surface area contributed by atoms with Gasteiger partial charge in [-0.15, -0.1) is 11.3 Å². The van der Waals surface area contributed by atoms with E-state index in [1.165, 1.54) is 28.6 Å². The van der Waals surface area contributed by atoms with Gasteiger partial charge in [-0.25, -0.2) is 4.98 Å². The molecule has 28 heavy (non-hydrogen) atoms. The lowest BCUT2D eigenvalue weighted by Crippen LogP contribution is -2.31. The minimum Gasteiger partial charge on any atom is -0.467 e. The summed E-state index contributed by atoms with van der Waals surface area (Å²) in [7, 11) is 0. The van der Waals surface area contributed by atoms with Crippen LogP contribution >= 0.6 is 23.1 Å². The molecule has 0 saturated heterocycles. The van der Waals surface area contributed by atoms with Crippen LogP contribution in [-0.2, 0) is 30.7 Å². The summed E-state index contributed by atoms with van der Waals surface area (Å²) in [5.74, 6) is 0.601. The Labute approximate surface area is 171 Å². The number of thiophene rings is 1. The smallest absolute Gasteiger partial charge is 0.263 e. The molecule has 1 N–H and O–H groups in total. The standard InChI is InChI=1S/C20H23N3O3S2/c1-3-23-19(25)16-14-8-4-5-9-15(14)28-18(16)22-20(23)27-12(2)17(24)21-11-13-7-6-10-26-13/h6-7,10,12H,3-5,8-9,11H2,1-2H3,(H,21,24)/t12-/m1/s1. The maximum absolute atomic E-state index is 13.1. The van der Waals surface area contributed by atoms with Crippen LogP contribution in [0.1, 0.15) is 42.9 Å². The summed E-state index contributed by atoms with van der Waals surface area (Å²) < 4.78 is 6.94. The molecular weight excluding hydrogens is 394 g/mol. The first-order valence-electron chi connectivity index (χ1n) is 9.60. The van der Waals surface area contributed by atoms with Gasteiger partial charge >= 0.3 is 0 Å². The number of hydrogen-bond donors (Lipinski definition) is 1. The quantitative estimate of drug-likeness (QED) is 0.488. The largest absolute Gasteiger partial charge is 0.467 e. The molecule has 3 heterocycles. The molecule has 4 rings (SSSR count). The van der Waals surface area contributed by atoms with Gasteiger partial charge in [0, 0.05) is 11.4 Å². The Hall–Kier alpha value is -2.06. The van der Waals surface area contributed by atoms with E-state index in [1.807, 2.05) is 19.9 Å². The molecule has 1 aliphatic rings. The normalized spacial score (nSPS) is 14.8. The van der Waals surface area contributed by atoms with Crippen LogP contribution in [0.15, 0.2) is 32.8 Å². The van der Waals surface area contributed by atoms with Gasteiger partial charge in [0.1, 0.15) is 10.6 Å². The molecule has 0 aromatic carbocycles. The molecule has 0 bridgehead atoms. The number of furan rings is 1. The van der Waals surface area contributed by atoms with Gasteiger partial charge in [0.15, 0.2) is 5.16 Å². The van der Waals surface area contributed by atoms with E-state index in [1.54, 1.807) is 28.2 Å². The Balaban J connectivity index is 1.59. The highest BCUT2D eigenvalue weighted by molar-refractivity contribution is 8.00. The molecule has 0 unspecified atom stereocenters. The number of thioether (sulfide) groups is 1. The summed E-state index contributed by atoms with van der Waals surface area (Å²) in [6.07, 6.45) is 5.90. The van der Waals surface area contributed by atoms with Crippen molar-refractivity contribution in [3.8, 4) is 0 Å². The monoisotopic (exact) mass is 417 g/mol. The van der Waals surface area contributed by atoms with Crippen LogP contribution in [0, 0.1) is 0 Å². The van der Waals surface area contributed by atoms with Crippen molar-refractivity contribution in [1.29, 1.82) is 0 Å². The third-order valence-electron chi connectivity index (χ3n) is 5.02. The molecule has 0 fully saturated rings. The first-order chi connectivity index (χ1) is 13.6. The number of carbonyl (C=O) groups excluding carboxylic acids is 1. The predicted molar refractivity (Wildman–Crippen MR) is 112 cm³/mol. The van der Waals surface area contributed by atoms with Gasteiger partial charge in [0.25, 0.3) is 5.56 Å². The van der Waals surface area contributed by atoms with Gasteiger partial charge in [-0.3, -0.25) is 14.2 Å². The van der Waals surface area contributed by atoms with Crippen molar-refractivity contribution in [2.45, 2.75) is 63.0 Å². The highest BCUT2D eigenvalue weighted by atomic mass is 32.2. The molecule has 0 spiro atoms. The average Bonchev–Trinajstić information content (AvgIpc) is 3.33. The van der Waals surface area contributed by atoms with Crippen molar-refractivity contribution in [3.05, 3.63) is 45.0 Å². The molecule has 8 heteroatoms. The lowest BCUT2D eigenvalue weighted by Gasteiger charge is -2.15. The number of nitrogens with zero attached hydrogens (tertiary/aromatic N) is 2. The van der Waals surface area contributed by atoms with Gasteiger partial charge in [0.05, 0.1) is 23.4 Å². The van der Waals surface area contributed by atoms with Crippen molar-refractivity contribution in [3.63, 3.8) is 0 Å². The van der Waals surface area contributed by atoms with E-state index >= 15 is 0 Å². The third kappa shape index (κ3) is 3.63. The van der Waals surface area contributed by atoms with E-state index in [-0.39, 0.29) is 16.7 Å². The minimum absolute atomic E-state index is 0.0255. The number of nitrogens with one attached hydrogen (secondary N) is 1. The van der Waals surface area contributed by atoms with Gasteiger partial charge in [-0.1, -0.05) is 11.8 Å². The first-order valence-corrected chi connectivity index (χ1v) is 11.3. The highest BCUT2D eigenvalue weighted by Gasteiger charge is 2.24. The number of amides is 1. The van der Waals surface area contributed by atoms with Crippen molar-refractivity contribution < 1.29 is 9.21 Å². The average molecular weight is 418 g/mol. The van der Waals surface area contributed by atoms with Gasteiger partial charge in [-0.05, 0) is 57.2 Å². The Morgan fingerprint density at radius 1 is 1.43 bits per heavy atom. The summed E-state index contributed by atoms with van der Waals surface area (Å²) in [5, 5.41) is 3.90. The van der Waals surface area contributed by atoms with Crippen molar-refractivity contribution in [2.75, 3.05) is 0 Å². The lowest BCUT2D eigenvalue weighted by atomic mass is 9.97. The first kappa shape index (κ1) is 19.3. The maximum Gasteiger partial charge on any atom is 0.263 e. The zero-order valence-corrected chi connectivity index (χ0v) is 17.6. The Morgan fingerprint density at radius 2 is 2.25 bits per heavy atom. The molecular formula is C20H23N3O3S2. The summed E-state index contributed by atoms with van der Waals surface area (Å²) in [6, 6.07) is 3.61. The molecule has 1 amide bonds. The van der Waals surface area contributed by atoms with Gasteiger partial charge < -0.3 is 9.73 Å². The van der Waals surface area contributed by atoms with Crippen molar-refractivity contribution in [2.24, 2.45) is 0 Å². The van der Waals surface area contributed by atoms with E-state index in [0.29, 0.717) is 24.0 Å². The molecule has 3 aromatic heterocycles. The fraction of sp³-hybridized carbons (Fsp3) is 0.450. The van der Waals surface area contributed by atoms with E-state index in [2.05, 4.69) is 5.32 Å². The van der Waals surface area contributed by atoms with Crippen LogP contribution < -0.4 is 10.9 Å². The Bertz CT molecular complexity index is 1050. The SMILES string of the molecule is CCn1c(S[C@H](C)C(=O)NCc2ccco2)nc2sc3c(c2c1=O)CCCC3. The van der Waals surface area contributed by atoms with Crippen LogP contribution in [0.5, 0.6) is 0 Å². The van der Waals surface area contributed by atoms with Crippen LogP contribution in [0.25, 0.3) is 10.2 Å². The number of hydrogen-bond acceptors (Lipinski definition) is 6. The molecule has 6 nitrogen and oxygen atoms in total. The zero-order valence-electron chi connectivity index (χ0n) is 16.0. The van der Waals surface area contributed by atoms with Gasteiger partial charge in [0.2, 0.25) is 5.91 Å². The zero-order chi connectivity index (χ0) is 19.7. The van der Waals surface area contributed by atoms with E-state index in [4.69, 9.17) is 9.40 Å². The number of rotatable bonds is 6. The second-order valence-corrected chi connectivity index (χ2v) is 9.28. The predicted octanol–water partition coefficient (Wildman–Crippen LogP) is 3.75. The molecule has 0 aliphatic heterocycles. The van der Waals surface area contributed by atoms with Crippen LogP contribution in [0.2, 0.25) is 0 Å².